The summed E-state index contributed by atoms with van der Waals surface area (Å²) < 4.78 is 0. The number of hydrogen-bond donors (Lipinski definition) is 0. The normalized spacial score (nSPS) is 19.1. The van der Waals surface area contributed by atoms with Crippen molar-refractivity contribution in [1.82, 2.24) is 4.90 Å². The number of rotatable bonds is 4. The molecule has 1 aliphatic rings. The van der Waals surface area contributed by atoms with Crippen molar-refractivity contribution in [2.45, 2.75) is 52.0 Å². The van der Waals surface area contributed by atoms with Crippen LogP contribution < -0.4 is 0 Å². The lowest BCUT2D eigenvalue weighted by Crippen LogP contribution is -2.43. The Morgan fingerprint density at radius 1 is 1.26 bits per heavy atom. The number of aryl methyl sites for hydroxylation is 3. The van der Waals surface area contributed by atoms with E-state index in [2.05, 4.69) is 49.9 Å². The molecule has 1 atom stereocenters. The standard InChI is InChI=1S/C17H24N2/c1-14-6-7-15(2)16(12-14)8-9-17(3,13-18)19-10-4-5-11-19/h6-7,12H,4-5,8-11H2,1-3H3. The van der Waals surface area contributed by atoms with Crippen LogP contribution in [0.15, 0.2) is 18.2 Å². The molecule has 1 heterocycles. The third-order valence-corrected chi connectivity index (χ3v) is 4.43. The van der Waals surface area contributed by atoms with Gasteiger partial charge in [-0.15, -0.1) is 0 Å². The molecule has 0 radical (unpaired) electrons. The van der Waals surface area contributed by atoms with Gasteiger partial charge in [0, 0.05) is 0 Å². The molecule has 0 N–H and O–H groups in total. The maximum absolute atomic E-state index is 9.56. The summed E-state index contributed by atoms with van der Waals surface area (Å²) >= 11 is 0. The third kappa shape index (κ3) is 3.16. The highest BCUT2D eigenvalue weighted by molar-refractivity contribution is 5.31. The van der Waals surface area contributed by atoms with Crippen LogP contribution in [0.4, 0.5) is 0 Å². The van der Waals surface area contributed by atoms with Gasteiger partial charge in [-0.05, 0) is 70.7 Å². The maximum atomic E-state index is 9.56. The molecule has 102 valence electrons. The van der Waals surface area contributed by atoms with Gasteiger partial charge in [0.05, 0.1) is 6.07 Å². The quantitative estimate of drug-likeness (QED) is 0.822. The number of nitrogens with zero attached hydrogens (tertiary/aromatic N) is 2. The molecule has 1 fully saturated rings. The smallest absolute Gasteiger partial charge is 0.106 e. The van der Waals surface area contributed by atoms with Crippen LogP contribution in [0, 0.1) is 25.2 Å². The van der Waals surface area contributed by atoms with Gasteiger partial charge in [0.25, 0.3) is 0 Å². The largest absolute Gasteiger partial charge is 0.286 e. The molecular weight excluding hydrogens is 232 g/mol. The minimum Gasteiger partial charge on any atom is -0.286 e. The van der Waals surface area contributed by atoms with Gasteiger partial charge in [0.2, 0.25) is 0 Å². The Balaban J connectivity index is 2.07. The summed E-state index contributed by atoms with van der Waals surface area (Å²) in [4.78, 5) is 2.36. The molecule has 1 aliphatic heterocycles. The van der Waals surface area contributed by atoms with Gasteiger partial charge < -0.3 is 0 Å². The second-order valence-electron chi connectivity index (χ2n) is 6.01. The van der Waals surface area contributed by atoms with Gasteiger partial charge in [-0.1, -0.05) is 23.8 Å². The van der Waals surface area contributed by atoms with Crippen LogP contribution in [-0.4, -0.2) is 23.5 Å². The number of likely N-dealkylation sites (tertiary alicyclic amines) is 1. The molecule has 0 aliphatic carbocycles. The van der Waals surface area contributed by atoms with Crippen molar-refractivity contribution < 1.29 is 0 Å². The lowest BCUT2D eigenvalue weighted by Gasteiger charge is -2.32. The zero-order valence-corrected chi connectivity index (χ0v) is 12.4. The van der Waals surface area contributed by atoms with Gasteiger partial charge in [-0.2, -0.15) is 5.26 Å². The van der Waals surface area contributed by atoms with Crippen LogP contribution in [0.5, 0.6) is 0 Å². The molecule has 1 unspecified atom stereocenters. The highest BCUT2D eigenvalue weighted by Crippen LogP contribution is 2.26. The van der Waals surface area contributed by atoms with Crippen molar-refractivity contribution >= 4 is 0 Å². The lowest BCUT2D eigenvalue weighted by molar-refractivity contribution is 0.181. The Bertz CT molecular complexity index is 481. The first kappa shape index (κ1) is 14.1. The monoisotopic (exact) mass is 256 g/mol. The summed E-state index contributed by atoms with van der Waals surface area (Å²) in [6, 6.07) is 9.15. The van der Waals surface area contributed by atoms with Crippen molar-refractivity contribution in [2.24, 2.45) is 0 Å². The molecule has 19 heavy (non-hydrogen) atoms. The Labute approximate surface area is 117 Å². The first-order chi connectivity index (χ1) is 9.05. The van der Waals surface area contributed by atoms with Gasteiger partial charge in [0.15, 0.2) is 0 Å². The predicted octanol–water partition coefficient (Wildman–Crippen LogP) is 3.61. The zero-order valence-electron chi connectivity index (χ0n) is 12.4. The minimum atomic E-state index is -0.299. The number of nitriles is 1. The summed E-state index contributed by atoms with van der Waals surface area (Å²) in [5.74, 6) is 0. The molecule has 2 heteroatoms. The summed E-state index contributed by atoms with van der Waals surface area (Å²) in [6.45, 7) is 8.55. The van der Waals surface area contributed by atoms with Crippen molar-refractivity contribution in [2.75, 3.05) is 13.1 Å². The fraction of sp³-hybridized carbons (Fsp3) is 0.588. The van der Waals surface area contributed by atoms with Crippen LogP contribution in [-0.2, 0) is 6.42 Å². The molecule has 0 saturated carbocycles. The Morgan fingerprint density at radius 3 is 2.58 bits per heavy atom. The van der Waals surface area contributed by atoms with Gasteiger partial charge in [-0.3, -0.25) is 4.90 Å². The maximum Gasteiger partial charge on any atom is 0.106 e. The SMILES string of the molecule is Cc1ccc(C)c(CCC(C)(C#N)N2CCCC2)c1. The summed E-state index contributed by atoms with van der Waals surface area (Å²) in [6.07, 6.45) is 4.39. The fourth-order valence-electron chi connectivity index (χ4n) is 2.94. The van der Waals surface area contributed by atoms with Crippen molar-refractivity contribution in [3.63, 3.8) is 0 Å². The van der Waals surface area contributed by atoms with Crippen molar-refractivity contribution in [3.8, 4) is 6.07 Å². The first-order valence-electron chi connectivity index (χ1n) is 7.27. The van der Waals surface area contributed by atoms with Crippen LogP contribution >= 0.6 is 0 Å². The van der Waals surface area contributed by atoms with Crippen LogP contribution in [0.2, 0.25) is 0 Å². The van der Waals surface area contributed by atoms with E-state index in [-0.39, 0.29) is 5.54 Å². The van der Waals surface area contributed by atoms with Crippen LogP contribution in [0.3, 0.4) is 0 Å². The van der Waals surface area contributed by atoms with E-state index in [1.165, 1.54) is 29.5 Å². The minimum absolute atomic E-state index is 0.299. The molecule has 0 spiro atoms. The van der Waals surface area contributed by atoms with E-state index < -0.39 is 0 Å². The molecule has 0 bridgehead atoms. The number of hydrogen-bond acceptors (Lipinski definition) is 2. The van der Waals surface area contributed by atoms with E-state index in [0.29, 0.717) is 0 Å². The second kappa shape index (κ2) is 5.75. The first-order valence-corrected chi connectivity index (χ1v) is 7.27. The average Bonchev–Trinajstić information content (AvgIpc) is 2.94. The highest BCUT2D eigenvalue weighted by atomic mass is 15.2. The molecular formula is C17H24N2. The molecule has 2 nitrogen and oxygen atoms in total. The molecule has 1 aromatic carbocycles. The molecule has 2 rings (SSSR count). The number of benzene rings is 1. The van der Waals surface area contributed by atoms with E-state index >= 15 is 0 Å². The molecule has 1 saturated heterocycles. The average molecular weight is 256 g/mol. The van der Waals surface area contributed by atoms with E-state index in [0.717, 1.165) is 25.9 Å². The summed E-state index contributed by atoms with van der Waals surface area (Å²) in [5, 5.41) is 9.56. The van der Waals surface area contributed by atoms with E-state index in [1.54, 1.807) is 0 Å². The lowest BCUT2D eigenvalue weighted by atomic mass is 9.91. The fourth-order valence-corrected chi connectivity index (χ4v) is 2.94. The van der Waals surface area contributed by atoms with E-state index in [1.807, 2.05) is 0 Å². The van der Waals surface area contributed by atoms with Crippen molar-refractivity contribution in [3.05, 3.63) is 34.9 Å². The van der Waals surface area contributed by atoms with Gasteiger partial charge in [0.1, 0.15) is 5.54 Å². The Kier molecular flexibility index (Phi) is 4.27. The molecule has 0 amide bonds. The van der Waals surface area contributed by atoms with Gasteiger partial charge >= 0.3 is 0 Å². The van der Waals surface area contributed by atoms with E-state index in [9.17, 15) is 5.26 Å². The molecule has 0 aromatic heterocycles. The van der Waals surface area contributed by atoms with Gasteiger partial charge in [-0.25, -0.2) is 0 Å². The van der Waals surface area contributed by atoms with Crippen molar-refractivity contribution in [1.29, 1.82) is 5.26 Å². The van der Waals surface area contributed by atoms with E-state index in [4.69, 9.17) is 0 Å². The summed E-state index contributed by atoms with van der Waals surface area (Å²) in [5.41, 5.74) is 3.74. The topological polar surface area (TPSA) is 27.0 Å². The molecule has 1 aromatic rings. The third-order valence-electron chi connectivity index (χ3n) is 4.43. The predicted molar refractivity (Wildman–Crippen MR) is 79.1 cm³/mol. The zero-order chi connectivity index (χ0) is 13.9. The van der Waals surface area contributed by atoms with Crippen LogP contribution in [0.25, 0.3) is 0 Å². The highest BCUT2D eigenvalue weighted by Gasteiger charge is 2.33. The van der Waals surface area contributed by atoms with Crippen LogP contribution in [0.1, 0.15) is 42.9 Å². The Morgan fingerprint density at radius 2 is 1.95 bits per heavy atom. The Hall–Kier alpha value is -1.33. The second-order valence-corrected chi connectivity index (χ2v) is 6.01. The summed E-state index contributed by atoms with van der Waals surface area (Å²) in [7, 11) is 0.